The summed E-state index contributed by atoms with van der Waals surface area (Å²) in [6.07, 6.45) is 1.81. The van der Waals surface area contributed by atoms with Crippen molar-refractivity contribution in [2.24, 2.45) is 0 Å². The highest BCUT2D eigenvalue weighted by atomic mass is 16.3. The molecule has 0 unspecified atom stereocenters. The van der Waals surface area contributed by atoms with Gasteiger partial charge in [-0.2, -0.15) is 5.26 Å². The zero-order valence-electron chi connectivity index (χ0n) is 14.8. The van der Waals surface area contributed by atoms with Gasteiger partial charge in [0.25, 0.3) is 0 Å². The molecule has 0 saturated heterocycles. The van der Waals surface area contributed by atoms with E-state index in [9.17, 15) is 10.4 Å². The van der Waals surface area contributed by atoms with E-state index in [1.54, 1.807) is 30.5 Å². The number of aromatic hydroxyl groups is 1. The van der Waals surface area contributed by atoms with E-state index in [0.29, 0.717) is 11.4 Å². The van der Waals surface area contributed by atoms with Gasteiger partial charge in [-0.15, -0.1) is 0 Å². The summed E-state index contributed by atoms with van der Waals surface area (Å²) in [6.45, 7) is 2.05. The summed E-state index contributed by atoms with van der Waals surface area (Å²) < 4.78 is 0. The lowest BCUT2D eigenvalue weighted by atomic mass is 9.96. The summed E-state index contributed by atoms with van der Waals surface area (Å²) in [6, 6.07) is 22.9. The lowest BCUT2D eigenvalue weighted by molar-refractivity contribution is 0.475. The van der Waals surface area contributed by atoms with Gasteiger partial charge in [0.1, 0.15) is 11.6 Å². The quantitative estimate of drug-likeness (QED) is 0.476. The molecular formula is C23H17N3O. The van der Waals surface area contributed by atoms with E-state index in [4.69, 9.17) is 0 Å². The van der Waals surface area contributed by atoms with E-state index in [1.807, 2.05) is 43.3 Å². The second-order valence-corrected chi connectivity index (χ2v) is 6.40. The third-order valence-corrected chi connectivity index (χ3v) is 4.49. The predicted molar refractivity (Wildman–Crippen MR) is 108 cm³/mol. The number of nitrogens with zero attached hydrogens (tertiary/aromatic N) is 2. The first-order valence-electron chi connectivity index (χ1n) is 8.60. The number of fused-ring (bicyclic) bond motifs is 1. The molecule has 0 aliphatic carbocycles. The van der Waals surface area contributed by atoms with Crippen molar-refractivity contribution in [3.05, 3.63) is 84.1 Å². The van der Waals surface area contributed by atoms with Gasteiger partial charge in [-0.1, -0.05) is 42.0 Å². The van der Waals surface area contributed by atoms with Crippen LogP contribution in [0.25, 0.3) is 21.9 Å². The van der Waals surface area contributed by atoms with Crippen molar-refractivity contribution in [2.45, 2.75) is 6.92 Å². The summed E-state index contributed by atoms with van der Waals surface area (Å²) in [4.78, 5) is 4.62. The first-order chi connectivity index (χ1) is 13.2. The number of pyridine rings is 1. The number of nitrogens with one attached hydrogen (secondary N) is 1. The maximum absolute atomic E-state index is 9.65. The molecule has 0 bridgehead atoms. The van der Waals surface area contributed by atoms with Gasteiger partial charge >= 0.3 is 0 Å². The fraction of sp³-hybridized carbons (Fsp3) is 0.0435. The Labute approximate surface area is 157 Å². The Bertz CT molecular complexity index is 1170. The largest absolute Gasteiger partial charge is 0.508 e. The third-order valence-electron chi connectivity index (χ3n) is 4.49. The van der Waals surface area contributed by atoms with Crippen LogP contribution >= 0.6 is 0 Å². The highest BCUT2D eigenvalue weighted by Gasteiger charge is 2.13. The van der Waals surface area contributed by atoms with Crippen molar-refractivity contribution >= 4 is 22.3 Å². The normalized spacial score (nSPS) is 10.5. The molecule has 4 nitrogen and oxygen atoms in total. The number of phenolic OH excluding ortho intramolecular Hbond substituents is 1. The summed E-state index contributed by atoms with van der Waals surface area (Å²) >= 11 is 0. The van der Waals surface area contributed by atoms with Crippen LogP contribution in [-0.4, -0.2) is 10.1 Å². The summed E-state index contributed by atoms with van der Waals surface area (Å²) in [7, 11) is 0. The van der Waals surface area contributed by atoms with Gasteiger partial charge in [-0.25, -0.2) is 4.98 Å². The van der Waals surface area contributed by atoms with E-state index in [1.165, 1.54) is 0 Å². The van der Waals surface area contributed by atoms with Crippen molar-refractivity contribution in [1.29, 1.82) is 5.26 Å². The molecule has 0 aliphatic heterocycles. The molecular weight excluding hydrogens is 334 g/mol. The SMILES string of the molecule is Cc1cccc(-c2cnc(Nc3ccc(O)cc3)c3cccc(C#N)c23)c1. The van der Waals surface area contributed by atoms with Crippen molar-refractivity contribution < 1.29 is 5.11 Å². The van der Waals surface area contributed by atoms with Crippen LogP contribution in [0.15, 0.2) is 72.9 Å². The molecule has 4 rings (SSSR count). The Morgan fingerprint density at radius 3 is 2.52 bits per heavy atom. The lowest BCUT2D eigenvalue weighted by Gasteiger charge is -2.14. The highest BCUT2D eigenvalue weighted by Crippen LogP contribution is 2.35. The molecule has 0 fully saturated rings. The minimum absolute atomic E-state index is 0.208. The number of phenols is 1. The minimum atomic E-state index is 0.208. The molecule has 0 spiro atoms. The number of aromatic nitrogens is 1. The average molecular weight is 351 g/mol. The number of benzene rings is 3. The molecule has 0 radical (unpaired) electrons. The number of hydrogen-bond acceptors (Lipinski definition) is 4. The van der Waals surface area contributed by atoms with Crippen molar-refractivity contribution in [3.63, 3.8) is 0 Å². The van der Waals surface area contributed by atoms with Crippen LogP contribution in [-0.2, 0) is 0 Å². The standard InChI is InChI=1S/C23H17N3O/c1-15-4-2-5-16(12-15)21-14-25-23(26-18-8-10-19(27)11-9-18)20-7-3-6-17(13-24)22(20)21/h2-12,14,27H,1H3,(H,25,26). The van der Waals surface area contributed by atoms with Crippen LogP contribution in [0, 0.1) is 18.3 Å². The van der Waals surface area contributed by atoms with Crippen LogP contribution in [0.5, 0.6) is 5.75 Å². The second kappa shape index (κ2) is 6.81. The Morgan fingerprint density at radius 1 is 1.00 bits per heavy atom. The maximum Gasteiger partial charge on any atom is 0.138 e. The molecule has 27 heavy (non-hydrogen) atoms. The molecule has 0 saturated carbocycles. The zero-order chi connectivity index (χ0) is 18.8. The lowest BCUT2D eigenvalue weighted by Crippen LogP contribution is -1.97. The van der Waals surface area contributed by atoms with E-state index in [-0.39, 0.29) is 5.75 Å². The molecule has 1 heterocycles. The topological polar surface area (TPSA) is 68.9 Å². The Balaban J connectivity index is 1.92. The monoisotopic (exact) mass is 351 g/mol. The highest BCUT2D eigenvalue weighted by molar-refractivity contribution is 6.05. The van der Waals surface area contributed by atoms with Gasteiger partial charge in [0.2, 0.25) is 0 Å². The molecule has 130 valence electrons. The first-order valence-corrected chi connectivity index (χ1v) is 8.60. The van der Waals surface area contributed by atoms with E-state index in [0.717, 1.165) is 33.2 Å². The van der Waals surface area contributed by atoms with Crippen LogP contribution < -0.4 is 5.32 Å². The van der Waals surface area contributed by atoms with E-state index >= 15 is 0 Å². The van der Waals surface area contributed by atoms with Crippen molar-refractivity contribution in [3.8, 4) is 22.9 Å². The second-order valence-electron chi connectivity index (χ2n) is 6.40. The molecule has 0 atom stereocenters. The molecule has 3 aromatic carbocycles. The Hall–Kier alpha value is -3.84. The van der Waals surface area contributed by atoms with Crippen LogP contribution in [0.2, 0.25) is 0 Å². The van der Waals surface area contributed by atoms with Crippen LogP contribution in [0.4, 0.5) is 11.5 Å². The van der Waals surface area contributed by atoms with Gasteiger partial charge in [-0.3, -0.25) is 0 Å². The molecule has 2 N–H and O–H groups in total. The summed E-state index contributed by atoms with van der Waals surface area (Å²) in [5.74, 6) is 0.879. The smallest absolute Gasteiger partial charge is 0.138 e. The molecule has 0 aliphatic rings. The van der Waals surface area contributed by atoms with Gasteiger partial charge in [0.15, 0.2) is 0 Å². The molecule has 4 aromatic rings. The molecule has 1 aromatic heterocycles. The van der Waals surface area contributed by atoms with Crippen molar-refractivity contribution in [2.75, 3.05) is 5.32 Å². The third kappa shape index (κ3) is 3.19. The minimum Gasteiger partial charge on any atom is -0.508 e. The van der Waals surface area contributed by atoms with Crippen LogP contribution in [0.1, 0.15) is 11.1 Å². The van der Waals surface area contributed by atoms with E-state index in [2.05, 4.69) is 22.4 Å². The number of hydrogen-bond donors (Lipinski definition) is 2. The van der Waals surface area contributed by atoms with Gasteiger partial charge in [0.05, 0.1) is 11.6 Å². The first kappa shape index (κ1) is 16.6. The number of rotatable bonds is 3. The fourth-order valence-corrected chi connectivity index (χ4v) is 3.21. The molecule has 4 heteroatoms. The zero-order valence-corrected chi connectivity index (χ0v) is 14.8. The van der Waals surface area contributed by atoms with E-state index < -0.39 is 0 Å². The average Bonchev–Trinajstić information content (AvgIpc) is 2.69. The number of anilines is 2. The fourth-order valence-electron chi connectivity index (χ4n) is 3.21. The maximum atomic E-state index is 9.65. The number of aryl methyl sites for hydroxylation is 1. The predicted octanol–water partition coefficient (Wildman–Crippen LogP) is 5.53. The van der Waals surface area contributed by atoms with Crippen molar-refractivity contribution in [1.82, 2.24) is 4.98 Å². The number of nitriles is 1. The Morgan fingerprint density at radius 2 is 1.78 bits per heavy atom. The van der Waals surface area contributed by atoms with Gasteiger partial charge in [-0.05, 0) is 42.8 Å². The molecule has 0 amide bonds. The summed E-state index contributed by atoms with van der Waals surface area (Å²) in [5.41, 5.74) is 4.54. The van der Waals surface area contributed by atoms with Gasteiger partial charge < -0.3 is 10.4 Å². The Kier molecular flexibility index (Phi) is 4.19. The van der Waals surface area contributed by atoms with Crippen LogP contribution in [0.3, 0.4) is 0 Å². The summed E-state index contributed by atoms with van der Waals surface area (Å²) in [5, 5.41) is 24.2. The van der Waals surface area contributed by atoms with Gasteiger partial charge in [0, 0.05) is 28.2 Å².